The molecule has 0 bridgehead atoms. The van der Waals surface area contributed by atoms with Crippen molar-refractivity contribution < 1.29 is 0 Å². The van der Waals surface area contributed by atoms with E-state index in [-0.39, 0.29) is 27.1 Å². The van der Waals surface area contributed by atoms with E-state index < -0.39 is 0 Å². The SMILES string of the molecule is CC(C)(C)c1ccc(C(C)(C)C)cc1.CC(C)(C)c1cccc(C(C)(C)C)c1.CC(C)(c1ccccc1)c1ccccc1. The molecule has 0 amide bonds. The van der Waals surface area contributed by atoms with Crippen molar-refractivity contribution in [3.8, 4) is 0 Å². The maximum Gasteiger partial charge on any atom is 0.0146 e. The monoisotopic (exact) mass is 576 g/mol. The Labute approximate surface area is 266 Å². The third-order valence-corrected chi connectivity index (χ3v) is 8.20. The maximum absolute atomic E-state index is 2.33. The number of hydrogen-bond acceptors (Lipinski definition) is 0. The van der Waals surface area contributed by atoms with Gasteiger partial charge in [-0.25, -0.2) is 0 Å². The Balaban J connectivity index is 0.000000225. The van der Waals surface area contributed by atoms with E-state index in [1.165, 1.54) is 33.4 Å². The van der Waals surface area contributed by atoms with Gasteiger partial charge in [0.2, 0.25) is 0 Å². The highest BCUT2D eigenvalue weighted by atomic mass is 14.3. The van der Waals surface area contributed by atoms with E-state index in [2.05, 4.69) is 206 Å². The van der Waals surface area contributed by atoms with Crippen molar-refractivity contribution in [2.24, 2.45) is 0 Å². The van der Waals surface area contributed by atoms with Gasteiger partial charge in [-0.15, -0.1) is 0 Å². The number of hydrogen-bond donors (Lipinski definition) is 0. The van der Waals surface area contributed by atoms with Gasteiger partial charge in [-0.3, -0.25) is 0 Å². The van der Waals surface area contributed by atoms with Crippen LogP contribution in [0.15, 0.2) is 109 Å². The first-order valence-electron chi connectivity index (χ1n) is 16.0. The molecule has 0 unspecified atom stereocenters. The van der Waals surface area contributed by atoms with Crippen molar-refractivity contribution in [3.63, 3.8) is 0 Å². The molecule has 0 radical (unpaired) electrons. The van der Waals surface area contributed by atoms with Crippen molar-refractivity contribution >= 4 is 0 Å². The summed E-state index contributed by atoms with van der Waals surface area (Å²) in [5.74, 6) is 0. The van der Waals surface area contributed by atoms with Gasteiger partial charge in [-0.05, 0) is 55.0 Å². The molecule has 0 aliphatic carbocycles. The highest BCUT2D eigenvalue weighted by Crippen LogP contribution is 2.31. The second kappa shape index (κ2) is 14.1. The molecule has 0 saturated carbocycles. The molecule has 0 aliphatic heterocycles. The molecule has 0 atom stereocenters. The summed E-state index contributed by atoms with van der Waals surface area (Å²) in [4.78, 5) is 0. The molecule has 0 aromatic heterocycles. The molecule has 4 aromatic carbocycles. The van der Waals surface area contributed by atoms with Crippen molar-refractivity contribution in [2.75, 3.05) is 0 Å². The molecule has 232 valence electrons. The highest BCUT2D eigenvalue weighted by Gasteiger charge is 2.22. The molecule has 43 heavy (non-hydrogen) atoms. The van der Waals surface area contributed by atoms with Gasteiger partial charge in [0.25, 0.3) is 0 Å². The summed E-state index contributed by atoms with van der Waals surface area (Å²) < 4.78 is 0. The van der Waals surface area contributed by atoms with Crippen molar-refractivity contribution in [3.05, 3.63) is 143 Å². The zero-order valence-corrected chi connectivity index (χ0v) is 29.9. The molecule has 4 aromatic rings. The van der Waals surface area contributed by atoms with Gasteiger partial charge >= 0.3 is 0 Å². The van der Waals surface area contributed by atoms with Crippen LogP contribution in [0.5, 0.6) is 0 Å². The second-order valence-corrected chi connectivity index (χ2v) is 16.5. The Bertz CT molecular complexity index is 1260. The Morgan fingerprint density at radius 3 is 0.767 bits per heavy atom. The van der Waals surface area contributed by atoms with Gasteiger partial charge in [0.15, 0.2) is 0 Å². The molecule has 0 heteroatoms. The molecule has 0 saturated heterocycles. The Morgan fingerprint density at radius 2 is 0.512 bits per heavy atom. The van der Waals surface area contributed by atoms with E-state index in [9.17, 15) is 0 Å². The van der Waals surface area contributed by atoms with Gasteiger partial charge in [0.05, 0.1) is 0 Å². The van der Waals surface area contributed by atoms with Gasteiger partial charge in [-0.2, -0.15) is 0 Å². The minimum atomic E-state index is 0.0858. The van der Waals surface area contributed by atoms with Crippen LogP contribution in [0.1, 0.15) is 130 Å². The molecule has 0 spiro atoms. The molecule has 4 rings (SSSR count). The van der Waals surface area contributed by atoms with Gasteiger partial charge < -0.3 is 0 Å². The molecular weight excluding hydrogens is 516 g/mol. The lowest BCUT2D eigenvalue weighted by atomic mass is 9.78. The average Bonchev–Trinajstić information content (AvgIpc) is 2.93. The van der Waals surface area contributed by atoms with Crippen LogP contribution in [-0.2, 0) is 27.1 Å². The molecule has 0 nitrogen and oxygen atoms in total. The predicted molar refractivity (Wildman–Crippen MR) is 193 cm³/mol. The minimum absolute atomic E-state index is 0.0858. The van der Waals surface area contributed by atoms with Crippen LogP contribution in [0.3, 0.4) is 0 Å². The van der Waals surface area contributed by atoms with E-state index in [0.717, 1.165) is 0 Å². The number of rotatable bonds is 2. The smallest absolute Gasteiger partial charge is 0.0146 e. The summed E-state index contributed by atoms with van der Waals surface area (Å²) in [6.45, 7) is 31.6. The molecule has 0 heterocycles. The van der Waals surface area contributed by atoms with Crippen LogP contribution in [-0.4, -0.2) is 0 Å². The fraction of sp³-hybridized carbons (Fsp3) is 0.442. The standard InChI is InChI=1S/C15H16.2C14H22/c1-15(2,13-9-5-3-6-10-13)14-11-7-4-8-12-14;1-13(2,3)11-7-9-12(10-8-11)14(4,5)6;1-13(2,3)11-8-7-9-12(10-11)14(4,5)6/h3-12H,1-2H3;2*7-10H,1-6H3. The van der Waals surface area contributed by atoms with Crippen LogP contribution in [0, 0.1) is 0 Å². The first-order valence-corrected chi connectivity index (χ1v) is 16.0. The zero-order valence-electron chi connectivity index (χ0n) is 29.9. The topological polar surface area (TPSA) is 0 Å². The molecular formula is C43H60. The van der Waals surface area contributed by atoms with Crippen LogP contribution >= 0.6 is 0 Å². The summed E-state index contributed by atoms with van der Waals surface area (Å²) in [5, 5.41) is 0. The van der Waals surface area contributed by atoms with E-state index in [0.29, 0.717) is 0 Å². The largest absolute Gasteiger partial charge is 0.0622 e. The van der Waals surface area contributed by atoms with E-state index in [1.54, 1.807) is 0 Å². The third-order valence-electron chi connectivity index (χ3n) is 8.20. The summed E-state index contributed by atoms with van der Waals surface area (Å²) in [7, 11) is 0. The molecule has 0 fully saturated rings. The lowest BCUT2D eigenvalue weighted by Gasteiger charge is -2.25. The van der Waals surface area contributed by atoms with Gasteiger partial charge in [0.1, 0.15) is 0 Å². The average molecular weight is 577 g/mol. The van der Waals surface area contributed by atoms with Crippen molar-refractivity contribution in [2.45, 2.75) is 124 Å². The molecule has 0 N–H and O–H groups in total. The number of benzene rings is 4. The fourth-order valence-corrected chi connectivity index (χ4v) is 4.80. The van der Waals surface area contributed by atoms with Gasteiger partial charge in [0, 0.05) is 5.41 Å². The summed E-state index contributed by atoms with van der Waals surface area (Å²) in [5.41, 5.74) is 9.48. The lowest BCUT2D eigenvalue weighted by Crippen LogP contribution is -2.18. The maximum atomic E-state index is 2.33. The minimum Gasteiger partial charge on any atom is -0.0622 e. The van der Waals surface area contributed by atoms with E-state index in [1.807, 2.05) is 0 Å². The second-order valence-electron chi connectivity index (χ2n) is 16.5. The summed E-state index contributed by atoms with van der Waals surface area (Å²) in [6.07, 6.45) is 0. The van der Waals surface area contributed by atoms with Gasteiger partial charge in [-0.1, -0.05) is 206 Å². The van der Waals surface area contributed by atoms with Crippen LogP contribution < -0.4 is 0 Å². The normalized spacial score (nSPS) is 12.4. The van der Waals surface area contributed by atoms with E-state index >= 15 is 0 Å². The Morgan fingerprint density at radius 1 is 0.256 bits per heavy atom. The van der Waals surface area contributed by atoms with Crippen molar-refractivity contribution in [1.29, 1.82) is 0 Å². The first-order chi connectivity index (χ1) is 19.6. The Hall–Kier alpha value is -3.12. The zero-order chi connectivity index (χ0) is 32.7. The lowest BCUT2D eigenvalue weighted by molar-refractivity contribution is 0.568. The first kappa shape index (κ1) is 36.1. The summed E-state index contributed by atoms with van der Waals surface area (Å²) >= 11 is 0. The molecule has 0 aliphatic rings. The third kappa shape index (κ3) is 11.1. The van der Waals surface area contributed by atoms with Crippen molar-refractivity contribution in [1.82, 2.24) is 0 Å². The Kier molecular flexibility index (Phi) is 11.8. The van der Waals surface area contributed by atoms with Crippen LogP contribution in [0.2, 0.25) is 0 Å². The highest BCUT2D eigenvalue weighted by molar-refractivity contribution is 5.37. The predicted octanol–water partition coefficient (Wildman–Crippen LogP) is 12.6. The van der Waals surface area contributed by atoms with Crippen LogP contribution in [0.4, 0.5) is 0 Å². The van der Waals surface area contributed by atoms with Crippen LogP contribution in [0.25, 0.3) is 0 Å². The summed E-state index contributed by atoms with van der Waals surface area (Å²) in [6, 6.07) is 39.2. The van der Waals surface area contributed by atoms with E-state index in [4.69, 9.17) is 0 Å². The quantitative estimate of drug-likeness (QED) is 0.223. The fourth-order valence-electron chi connectivity index (χ4n) is 4.80.